The zero-order valence-corrected chi connectivity index (χ0v) is 33.7. The number of carbonyl (C=O) groups excluding carboxylic acids is 3. The molecular formula is C38H66F6O8. The van der Waals surface area contributed by atoms with Gasteiger partial charge in [0.05, 0.1) is 16.6 Å². The molecule has 8 nitrogen and oxygen atoms in total. The molecule has 0 aromatic carbocycles. The molecule has 0 spiro atoms. The lowest BCUT2D eigenvalue weighted by molar-refractivity contribution is -0.264. The maximum absolute atomic E-state index is 13.0. The van der Waals surface area contributed by atoms with Gasteiger partial charge in [-0.3, -0.25) is 9.59 Å². The van der Waals surface area contributed by atoms with Gasteiger partial charge in [0.1, 0.15) is 11.7 Å². The van der Waals surface area contributed by atoms with Crippen molar-refractivity contribution in [3.63, 3.8) is 0 Å². The Morgan fingerprint density at radius 3 is 1.54 bits per heavy atom. The molecule has 1 N–H and O–H groups in total. The second-order valence-electron chi connectivity index (χ2n) is 16.5. The molecular weight excluding hydrogens is 698 g/mol. The van der Waals surface area contributed by atoms with Gasteiger partial charge in [-0.15, -0.1) is 0 Å². The van der Waals surface area contributed by atoms with Crippen molar-refractivity contribution in [2.24, 2.45) is 22.2 Å². The average molecular weight is 765 g/mol. The van der Waals surface area contributed by atoms with Crippen LogP contribution in [0.3, 0.4) is 0 Å². The standard InChI is InChI=1S/C17H29F3O3.C12H22O4.C9H15F3O/c1-5-15(2,3)14(21)23-13(12-9-7-6-8-10-12)11-16(4,22)17(18,19)20;1-7-12(5,6)10(14)15-8-9(13)16-11(2,3)4;1-5-8(3,4)7(2)13-6-9(10,11)12/h12-13,22H,5-11H2,1-4H3;7-8H2,1-6H3;2,5-6H2,1,3-4H3. The van der Waals surface area contributed by atoms with Crippen LogP contribution >= 0.6 is 0 Å². The number of halogens is 6. The van der Waals surface area contributed by atoms with E-state index in [0.29, 0.717) is 19.3 Å². The molecule has 14 heteroatoms. The fourth-order valence-electron chi connectivity index (χ4n) is 4.16. The van der Waals surface area contributed by atoms with E-state index >= 15 is 0 Å². The van der Waals surface area contributed by atoms with Gasteiger partial charge in [0.25, 0.3) is 0 Å². The number of hydrogen-bond donors (Lipinski definition) is 1. The van der Waals surface area contributed by atoms with Gasteiger partial charge in [-0.2, -0.15) is 26.3 Å². The van der Waals surface area contributed by atoms with E-state index in [4.69, 9.17) is 14.2 Å². The Balaban J connectivity index is 0. The second kappa shape index (κ2) is 20.8. The molecule has 1 saturated carbocycles. The van der Waals surface area contributed by atoms with Crippen LogP contribution in [-0.4, -0.2) is 65.9 Å². The average Bonchev–Trinajstić information content (AvgIpc) is 3.01. The van der Waals surface area contributed by atoms with Gasteiger partial charge in [0.15, 0.2) is 18.8 Å². The molecule has 0 aromatic rings. The minimum atomic E-state index is -4.74. The van der Waals surface area contributed by atoms with E-state index in [-0.39, 0.29) is 24.3 Å². The van der Waals surface area contributed by atoms with Crippen LogP contribution < -0.4 is 0 Å². The maximum Gasteiger partial charge on any atom is 0.422 e. The highest BCUT2D eigenvalue weighted by Gasteiger charge is 2.52. The van der Waals surface area contributed by atoms with Crippen LogP contribution in [0.5, 0.6) is 0 Å². The number of carbonyl (C=O) groups is 3. The van der Waals surface area contributed by atoms with E-state index < -0.39 is 70.9 Å². The zero-order chi connectivity index (χ0) is 41.6. The molecule has 0 radical (unpaired) electrons. The van der Waals surface area contributed by atoms with Crippen molar-refractivity contribution in [3.8, 4) is 0 Å². The van der Waals surface area contributed by atoms with Gasteiger partial charge in [0, 0.05) is 11.8 Å². The lowest BCUT2D eigenvalue weighted by atomic mass is 9.80. The van der Waals surface area contributed by atoms with Crippen LogP contribution in [0, 0.1) is 22.2 Å². The smallest absolute Gasteiger partial charge is 0.422 e. The largest absolute Gasteiger partial charge is 0.489 e. The minimum absolute atomic E-state index is 0.116. The van der Waals surface area contributed by atoms with Crippen molar-refractivity contribution in [1.29, 1.82) is 0 Å². The molecule has 0 aromatic heterocycles. The predicted molar refractivity (Wildman–Crippen MR) is 188 cm³/mol. The van der Waals surface area contributed by atoms with E-state index in [1.807, 2.05) is 20.8 Å². The molecule has 0 heterocycles. The molecule has 308 valence electrons. The summed E-state index contributed by atoms with van der Waals surface area (Å²) in [6.07, 6.45) is -4.27. The van der Waals surface area contributed by atoms with Crippen molar-refractivity contribution in [3.05, 3.63) is 12.3 Å². The van der Waals surface area contributed by atoms with E-state index in [9.17, 15) is 45.8 Å². The Hall–Kier alpha value is -2.51. The third-order valence-electron chi connectivity index (χ3n) is 9.31. The third kappa shape index (κ3) is 20.7. The lowest BCUT2D eigenvalue weighted by Gasteiger charge is -2.37. The first-order valence-electron chi connectivity index (χ1n) is 18.0. The highest BCUT2D eigenvalue weighted by atomic mass is 19.4. The molecule has 0 aliphatic heterocycles. The minimum Gasteiger partial charge on any atom is -0.489 e. The molecule has 0 bridgehead atoms. The number of esters is 3. The van der Waals surface area contributed by atoms with E-state index in [2.05, 4.69) is 11.3 Å². The van der Waals surface area contributed by atoms with Crippen LogP contribution in [0.15, 0.2) is 12.3 Å². The first-order valence-corrected chi connectivity index (χ1v) is 18.0. The predicted octanol–water partition coefficient (Wildman–Crippen LogP) is 10.4. The fourth-order valence-corrected chi connectivity index (χ4v) is 4.16. The molecule has 52 heavy (non-hydrogen) atoms. The Labute approximate surface area is 307 Å². The number of allylic oxidation sites excluding steroid dienone is 1. The summed E-state index contributed by atoms with van der Waals surface area (Å²) in [4.78, 5) is 35.1. The Kier molecular flexibility index (Phi) is 20.6. The number of rotatable bonds is 14. The van der Waals surface area contributed by atoms with Gasteiger partial charge in [-0.05, 0) is 93.4 Å². The summed E-state index contributed by atoms with van der Waals surface area (Å²) in [6, 6.07) is 0. The summed E-state index contributed by atoms with van der Waals surface area (Å²) in [5.41, 5.74) is -5.10. The van der Waals surface area contributed by atoms with Crippen molar-refractivity contribution >= 4 is 17.9 Å². The van der Waals surface area contributed by atoms with E-state index in [1.165, 1.54) is 0 Å². The first kappa shape index (κ1) is 51.6. The number of ether oxygens (including phenoxy) is 4. The van der Waals surface area contributed by atoms with Gasteiger partial charge in [-0.25, -0.2) is 4.79 Å². The number of hydrogen-bond acceptors (Lipinski definition) is 8. The summed E-state index contributed by atoms with van der Waals surface area (Å²) >= 11 is 0. The van der Waals surface area contributed by atoms with Crippen molar-refractivity contribution in [2.45, 2.75) is 177 Å². The van der Waals surface area contributed by atoms with Crippen LogP contribution in [-0.2, 0) is 33.3 Å². The lowest BCUT2D eigenvalue weighted by Crippen LogP contribution is -2.48. The SMILES string of the molecule is C=C(OCC(F)(F)F)C(C)(C)CC.CCC(C)(C)C(=O)OC(CC(C)(O)C(F)(F)F)C1CCCCC1.CCC(C)(C)C(=O)OCC(=O)OC(C)(C)C. The zero-order valence-electron chi connectivity index (χ0n) is 33.7. The molecule has 2 atom stereocenters. The molecule has 2 unspecified atom stereocenters. The van der Waals surface area contributed by atoms with Gasteiger partial charge >= 0.3 is 30.3 Å². The van der Waals surface area contributed by atoms with Crippen LogP contribution in [0.1, 0.15) is 148 Å². The topological polar surface area (TPSA) is 108 Å². The maximum atomic E-state index is 13.0. The van der Waals surface area contributed by atoms with E-state index in [0.717, 1.165) is 39.0 Å². The molecule has 0 amide bonds. The van der Waals surface area contributed by atoms with Crippen molar-refractivity contribution < 1.29 is 64.8 Å². The summed E-state index contributed by atoms with van der Waals surface area (Å²) in [6.45, 7) is 24.2. The highest BCUT2D eigenvalue weighted by molar-refractivity contribution is 5.80. The van der Waals surface area contributed by atoms with Crippen LogP contribution in [0.2, 0.25) is 0 Å². The monoisotopic (exact) mass is 764 g/mol. The summed E-state index contributed by atoms with van der Waals surface area (Å²) in [5.74, 6) is -1.32. The molecule has 1 aliphatic rings. The van der Waals surface area contributed by atoms with Crippen LogP contribution in [0.25, 0.3) is 0 Å². The van der Waals surface area contributed by atoms with Crippen LogP contribution in [0.4, 0.5) is 26.3 Å². The summed E-state index contributed by atoms with van der Waals surface area (Å²) in [5, 5.41) is 9.81. The number of aliphatic hydroxyl groups is 1. The molecule has 1 aliphatic carbocycles. The molecule has 1 rings (SSSR count). The Bertz CT molecular complexity index is 1110. The fraction of sp³-hybridized carbons (Fsp3) is 0.868. The molecule has 1 fully saturated rings. The van der Waals surface area contributed by atoms with Crippen molar-refractivity contribution in [1.82, 2.24) is 0 Å². The normalized spacial score (nSPS) is 16.5. The summed E-state index contributed by atoms with van der Waals surface area (Å²) < 4.78 is 94.2. The quantitative estimate of drug-likeness (QED) is 0.0806. The Morgan fingerprint density at radius 2 is 1.15 bits per heavy atom. The summed E-state index contributed by atoms with van der Waals surface area (Å²) in [7, 11) is 0. The Morgan fingerprint density at radius 1 is 0.712 bits per heavy atom. The highest BCUT2D eigenvalue weighted by Crippen LogP contribution is 2.39. The second-order valence-corrected chi connectivity index (χ2v) is 16.5. The first-order chi connectivity index (χ1) is 23.2. The van der Waals surface area contributed by atoms with Gasteiger partial charge < -0.3 is 24.1 Å². The third-order valence-corrected chi connectivity index (χ3v) is 9.31. The van der Waals surface area contributed by atoms with Crippen molar-refractivity contribution in [2.75, 3.05) is 13.2 Å². The van der Waals surface area contributed by atoms with Gasteiger partial charge in [-0.1, -0.05) is 60.5 Å². The van der Waals surface area contributed by atoms with Gasteiger partial charge in [0.2, 0.25) is 0 Å². The van der Waals surface area contributed by atoms with E-state index in [1.54, 1.807) is 62.3 Å². The number of alkyl halides is 6. The molecule has 0 saturated heterocycles.